The van der Waals surface area contributed by atoms with Gasteiger partial charge in [0, 0.05) is 24.2 Å². The third-order valence-corrected chi connectivity index (χ3v) is 2.39. The molecule has 0 rings (SSSR count). The van der Waals surface area contributed by atoms with Gasteiger partial charge in [-0.3, -0.25) is 9.59 Å². The smallest absolute Gasteiger partial charge is 0.244 e. The van der Waals surface area contributed by atoms with Gasteiger partial charge in [-0.2, -0.15) is 0 Å². The second-order valence-corrected chi connectivity index (χ2v) is 3.97. The van der Waals surface area contributed by atoms with E-state index < -0.39 is 0 Å². The summed E-state index contributed by atoms with van der Waals surface area (Å²) in [6.45, 7) is 7.82. The van der Waals surface area contributed by atoms with Gasteiger partial charge in [-0.15, -0.1) is 0 Å². The molecule has 4 heteroatoms. The molecule has 0 spiro atoms. The Bertz CT molecular complexity index is 236. The molecule has 0 radical (unpaired) electrons. The number of rotatable bonds is 6. The molecule has 92 valence electrons. The average Bonchev–Trinajstić information content (AvgIpc) is 2.26. The summed E-state index contributed by atoms with van der Waals surface area (Å²) in [4.78, 5) is 22.6. The SMILES string of the molecule is CCC(C)NC(=O)/C=C/C(=O)NC(C)CC. The minimum atomic E-state index is -0.228. The summed E-state index contributed by atoms with van der Waals surface area (Å²) < 4.78 is 0. The summed E-state index contributed by atoms with van der Waals surface area (Å²) in [5.41, 5.74) is 0. The number of carbonyl (C=O) groups excluding carboxylic acids is 2. The van der Waals surface area contributed by atoms with Gasteiger partial charge in [0.15, 0.2) is 0 Å². The molecule has 0 aromatic heterocycles. The van der Waals surface area contributed by atoms with Crippen LogP contribution < -0.4 is 10.6 Å². The summed E-state index contributed by atoms with van der Waals surface area (Å²) in [5, 5.41) is 5.49. The normalized spacial score (nSPS) is 14.5. The number of hydrogen-bond donors (Lipinski definition) is 2. The molecule has 0 aromatic carbocycles. The lowest BCUT2D eigenvalue weighted by atomic mass is 10.2. The van der Waals surface area contributed by atoms with Gasteiger partial charge in [0.1, 0.15) is 0 Å². The van der Waals surface area contributed by atoms with Crippen molar-refractivity contribution in [2.45, 2.75) is 52.6 Å². The van der Waals surface area contributed by atoms with Crippen LogP contribution in [0, 0.1) is 0 Å². The number of nitrogens with one attached hydrogen (secondary N) is 2. The average molecular weight is 226 g/mol. The molecule has 0 aromatic rings. The van der Waals surface area contributed by atoms with E-state index in [1.54, 1.807) is 0 Å². The second-order valence-electron chi connectivity index (χ2n) is 3.97. The van der Waals surface area contributed by atoms with Crippen molar-refractivity contribution in [2.75, 3.05) is 0 Å². The molecule has 0 aliphatic rings. The molecule has 0 aliphatic heterocycles. The van der Waals surface area contributed by atoms with E-state index in [0.29, 0.717) is 0 Å². The summed E-state index contributed by atoms with van der Waals surface area (Å²) in [6, 6.07) is 0.268. The largest absolute Gasteiger partial charge is 0.350 e. The molecule has 2 amide bonds. The van der Waals surface area contributed by atoms with Crippen molar-refractivity contribution in [3.63, 3.8) is 0 Å². The van der Waals surface area contributed by atoms with Gasteiger partial charge in [0.2, 0.25) is 11.8 Å². The van der Waals surface area contributed by atoms with Gasteiger partial charge in [0.05, 0.1) is 0 Å². The van der Waals surface area contributed by atoms with Crippen LogP contribution in [0.25, 0.3) is 0 Å². The van der Waals surface area contributed by atoms with Crippen molar-refractivity contribution >= 4 is 11.8 Å². The molecule has 16 heavy (non-hydrogen) atoms. The summed E-state index contributed by atoms with van der Waals surface area (Å²) in [5.74, 6) is -0.456. The summed E-state index contributed by atoms with van der Waals surface area (Å²) in [7, 11) is 0. The molecular weight excluding hydrogens is 204 g/mol. The van der Waals surface area contributed by atoms with E-state index in [1.807, 2.05) is 27.7 Å². The fourth-order valence-corrected chi connectivity index (χ4v) is 0.937. The van der Waals surface area contributed by atoms with Crippen LogP contribution in [0.2, 0.25) is 0 Å². The summed E-state index contributed by atoms with van der Waals surface area (Å²) in [6.07, 6.45) is 4.28. The van der Waals surface area contributed by atoms with Crippen LogP contribution in [0.4, 0.5) is 0 Å². The Morgan fingerprint density at radius 3 is 1.50 bits per heavy atom. The van der Waals surface area contributed by atoms with E-state index in [0.717, 1.165) is 12.8 Å². The van der Waals surface area contributed by atoms with Crippen molar-refractivity contribution in [2.24, 2.45) is 0 Å². The first-order chi connectivity index (χ1) is 7.49. The molecule has 0 aliphatic carbocycles. The van der Waals surface area contributed by atoms with E-state index in [4.69, 9.17) is 0 Å². The Hall–Kier alpha value is -1.32. The van der Waals surface area contributed by atoms with E-state index in [-0.39, 0.29) is 23.9 Å². The molecular formula is C12H22N2O2. The van der Waals surface area contributed by atoms with Gasteiger partial charge < -0.3 is 10.6 Å². The van der Waals surface area contributed by atoms with E-state index in [2.05, 4.69) is 10.6 Å². The Kier molecular flexibility index (Phi) is 7.25. The lowest BCUT2D eigenvalue weighted by molar-refractivity contribution is -0.119. The summed E-state index contributed by atoms with van der Waals surface area (Å²) >= 11 is 0. The molecule has 0 bridgehead atoms. The van der Waals surface area contributed by atoms with Crippen molar-refractivity contribution in [1.82, 2.24) is 10.6 Å². The lowest BCUT2D eigenvalue weighted by Gasteiger charge is -2.09. The Morgan fingerprint density at radius 2 is 1.25 bits per heavy atom. The third-order valence-electron chi connectivity index (χ3n) is 2.39. The zero-order valence-electron chi connectivity index (χ0n) is 10.5. The second kappa shape index (κ2) is 7.91. The maximum Gasteiger partial charge on any atom is 0.244 e. The predicted molar refractivity (Wildman–Crippen MR) is 64.9 cm³/mol. The van der Waals surface area contributed by atoms with Crippen LogP contribution in [0.5, 0.6) is 0 Å². The van der Waals surface area contributed by atoms with Crippen LogP contribution in [0.1, 0.15) is 40.5 Å². The molecule has 0 saturated carbocycles. The van der Waals surface area contributed by atoms with Crippen molar-refractivity contribution in [3.8, 4) is 0 Å². The van der Waals surface area contributed by atoms with Gasteiger partial charge in [-0.1, -0.05) is 13.8 Å². The maximum atomic E-state index is 11.3. The van der Waals surface area contributed by atoms with Crippen LogP contribution in [0.3, 0.4) is 0 Å². The van der Waals surface area contributed by atoms with Crippen LogP contribution in [-0.4, -0.2) is 23.9 Å². The molecule has 2 N–H and O–H groups in total. The highest BCUT2D eigenvalue weighted by molar-refractivity contribution is 5.96. The fraction of sp³-hybridized carbons (Fsp3) is 0.667. The maximum absolute atomic E-state index is 11.3. The number of amides is 2. The van der Waals surface area contributed by atoms with Crippen molar-refractivity contribution < 1.29 is 9.59 Å². The highest BCUT2D eigenvalue weighted by Gasteiger charge is 2.04. The minimum Gasteiger partial charge on any atom is -0.350 e. The predicted octanol–water partition coefficient (Wildman–Crippen LogP) is 1.37. The fourth-order valence-electron chi connectivity index (χ4n) is 0.937. The van der Waals surface area contributed by atoms with Crippen LogP contribution in [-0.2, 0) is 9.59 Å². The van der Waals surface area contributed by atoms with Crippen LogP contribution >= 0.6 is 0 Å². The first-order valence-electron chi connectivity index (χ1n) is 5.78. The number of carbonyl (C=O) groups is 2. The molecule has 0 fully saturated rings. The van der Waals surface area contributed by atoms with Gasteiger partial charge in [-0.05, 0) is 26.7 Å². The first kappa shape index (κ1) is 14.7. The van der Waals surface area contributed by atoms with Crippen molar-refractivity contribution in [1.29, 1.82) is 0 Å². The van der Waals surface area contributed by atoms with E-state index >= 15 is 0 Å². The van der Waals surface area contributed by atoms with Gasteiger partial charge in [0.25, 0.3) is 0 Å². The molecule has 2 unspecified atom stereocenters. The molecule has 0 saturated heterocycles. The van der Waals surface area contributed by atoms with Gasteiger partial charge >= 0.3 is 0 Å². The highest BCUT2D eigenvalue weighted by Crippen LogP contribution is 1.90. The zero-order chi connectivity index (χ0) is 12.6. The van der Waals surface area contributed by atoms with E-state index in [9.17, 15) is 9.59 Å². The lowest BCUT2D eigenvalue weighted by Crippen LogP contribution is -2.32. The molecule has 4 nitrogen and oxygen atoms in total. The first-order valence-corrected chi connectivity index (χ1v) is 5.78. The minimum absolute atomic E-state index is 0.134. The standard InChI is InChI=1S/C12H22N2O2/c1-5-9(3)13-11(15)7-8-12(16)14-10(4)6-2/h7-10H,5-6H2,1-4H3,(H,13,15)(H,14,16)/b8-7+. The molecule has 2 atom stereocenters. The Balaban J connectivity index is 3.98. The topological polar surface area (TPSA) is 58.2 Å². The Morgan fingerprint density at radius 1 is 0.938 bits per heavy atom. The monoisotopic (exact) mass is 226 g/mol. The van der Waals surface area contributed by atoms with Gasteiger partial charge in [-0.25, -0.2) is 0 Å². The number of hydrogen-bond acceptors (Lipinski definition) is 2. The van der Waals surface area contributed by atoms with E-state index in [1.165, 1.54) is 12.2 Å². The van der Waals surface area contributed by atoms with Crippen molar-refractivity contribution in [3.05, 3.63) is 12.2 Å². The quantitative estimate of drug-likeness (QED) is 0.672. The van der Waals surface area contributed by atoms with Crippen LogP contribution in [0.15, 0.2) is 12.2 Å². The highest BCUT2D eigenvalue weighted by atomic mass is 16.2. The Labute approximate surface area is 97.5 Å². The third kappa shape index (κ3) is 7.04. The molecule has 0 heterocycles. The zero-order valence-corrected chi connectivity index (χ0v) is 10.5.